The molecule has 0 saturated carbocycles. The highest BCUT2D eigenvalue weighted by atomic mass is 32.2. The Labute approximate surface area is 136 Å². The zero-order chi connectivity index (χ0) is 17.5. The van der Waals surface area contributed by atoms with E-state index in [4.69, 9.17) is 0 Å². The average Bonchev–Trinajstić information content (AvgIpc) is 2.86. The van der Waals surface area contributed by atoms with Crippen molar-refractivity contribution in [3.05, 3.63) is 32.1 Å². The summed E-state index contributed by atoms with van der Waals surface area (Å²) in [5.74, 6) is -0.705. The van der Waals surface area contributed by atoms with Crippen LogP contribution >= 0.6 is 11.8 Å². The number of carbonyl (C=O) groups excluding carboxylic acids is 2. The van der Waals surface area contributed by atoms with E-state index in [0.717, 1.165) is 21.3 Å². The highest BCUT2D eigenvalue weighted by Crippen LogP contribution is 2.38. The normalized spacial score (nSPS) is 17.2. The van der Waals surface area contributed by atoms with E-state index in [9.17, 15) is 19.2 Å². The van der Waals surface area contributed by atoms with Gasteiger partial charge in [0.1, 0.15) is 5.37 Å². The van der Waals surface area contributed by atoms with Crippen molar-refractivity contribution in [2.24, 2.45) is 19.2 Å². The third-order valence-corrected chi connectivity index (χ3v) is 4.56. The molecule has 2 amide bonds. The maximum atomic E-state index is 12.5. The van der Waals surface area contributed by atoms with Crippen LogP contribution in [0.15, 0.2) is 14.7 Å². The third kappa shape index (κ3) is 2.93. The van der Waals surface area contributed by atoms with Crippen LogP contribution in [0.2, 0.25) is 0 Å². The largest absolute Gasteiger partial charge is 0.330 e. The Kier molecular flexibility index (Phi) is 4.46. The molecular formula is C13H17N5O4S. The van der Waals surface area contributed by atoms with E-state index in [1.165, 1.54) is 25.5 Å². The van der Waals surface area contributed by atoms with Gasteiger partial charge in [-0.3, -0.25) is 19.0 Å². The standard InChI is InChI=1S/C13H17N5O4S/c1-6-9(10(21)17(5)13(22)16(6)4)11-18(8(3)20)15-12(23-11)14-7(2)19/h11H,1-5H3,(H,14,15,19). The molecule has 2 heterocycles. The molecule has 1 atom stereocenters. The van der Waals surface area contributed by atoms with Crippen molar-refractivity contribution in [2.75, 3.05) is 0 Å². The lowest BCUT2D eigenvalue weighted by Crippen LogP contribution is -2.42. The van der Waals surface area contributed by atoms with Gasteiger partial charge in [-0.15, -0.1) is 5.10 Å². The Morgan fingerprint density at radius 3 is 2.30 bits per heavy atom. The smallest absolute Gasteiger partial charge is 0.304 e. The molecule has 9 nitrogen and oxygen atoms in total. The van der Waals surface area contributed by atoms with E-state index in [1.54, 1.807) is 14.0 Å². The van der Waals surface area contributed by atoms with Gasteiger partial charge in [0.25, 0.3) is 5.56 Å². The van der Waals surface area contributed by atoms with Crippen LogP contribution in [0.4, 0.5) is 0 Å². The van der Waals surface area contributed by atoms with E-state index in [1.807, 2.05) is 0 Å². The third-order valence-electron chi connectivity index (χ3n) is 3.50. The molecule has 0 bridgehead atoms. The topological polar surface area (TPSA) is 106 Å². The van der Waals surface area contributed by atoms with Gasteiger partial charge in [-0.2, -0.15) is 0 Å². The molecule has 0 radical (unpaired) electrons. The summed E-state index contributed by atoms with van der Waals surface area (Å²) in [5.41, 5.74) is -0.217. The first-order chi connectivity index (χ1) is 10.6. The molecule has 0 saturated heterocycles. The molecule has 0 fully saturated rings. The summed E-state index contributed by atoms with van der Waals surface area (Å²) in [4.78, 5) is 47.5. The van der Waals surface area contributed by atoms with Gasteiger partial charge in [-0.1, -0.05) is 11.8 Å². The zero-order valence-electron chi connectivity index (χ0n) is 13.4. The van der Waals surface area contributed by atoms with Crippen molar-refractivity contribution in [1.29, 1.82) is 0 Å². The average molecular weight is 339 g/mol. The second kappa shape index (κ2) is 6.03. The number of aromatic nitrogens is 2. The highest BCUT2D eigenvalue weighted by Gasteiger charge is 2.36. The quantitative estimate of drug-likeness (QED) is 0.735. The van der Waals surface area contributed by atoms with Gasteiger partial charge in [0, 0.05) is 33.6 Å². The van der Waals surface area contributed by atoms with Gasteiger partial charge >= 0.3 is 5.69 Å². The van der Waals surface area contributed by atoms with Gasteiger partial charge in [0.2, 0.25) is 11.8 Å². The second-order valence-corrected chi connectivity index (χ2v) is 6.19. The van der Waals surface area contributed by atoms with Crippen LogP contribution in [-0.2, 0) is 23.7 Å². The van der Waals surface area contributed by atoms with Crippen LogP contribution in [0.5, 0.6) is 0 Å². The zero-order valence-corrected chi connectivity index (χ0v) is 14.2. The second-order valence-electron chi connectivity index (χ2n) is 5.12. The lowest BCUT2D eigenvalue weighted by atomic mass is 10.2. The fourth-order valence-corrected chi connectivity index (χ4v) is 3.44. The molecule has 1 aromatic heterocycles. The molecule has 0 aromatic carbocycles. The summed E-state index contributed by atoms with van der Waals surface area (Å²) in [7, 11) is 2.93. The molecule has 10 heteroatoms. The van der Waals surface area contributed by atoms with Crippen LogP contribution in [0.3, 0.4) is 0 Å². The molecule has 1 unspecified atom stereocenters. The van der Waals surface area contributed by atoms with E-state index in [2.05, 4.69) is 10.4 Å². The molecule has 1 aliphatic heterocycles. The molecule has 1 N–H and O–H groups in total. The number of amides is 2. The van der Waals surface area contributed by atoms with Crippen LogP contribution in [-0.4, -0.2) is 31.1 Å². The van der Waals surface area contributed by atoms with Gasteiger partial charge < -0.3 is 9.88 Å². The summed E-state index contributed by atoms with van der Waals surface area (Å²) < 4.78 is 2.32. The monoisotopic (exact) mass is 339 g/mol. The maximum Gasteiger partial charge on any atom is 0.330 e. The molecule has 124 valence electrons. The summed E-state index contributed by atoms with van der Waals surface area (Å²) in [6, 6.07) is 0. The van der Waals surface area contributed by atoms with Gasteiger partial charge in [-0.25, -0.2) is 9.80 Å². The summed E-state index contributed by atoms with van der Waals surface area (Å²) >= 11 is 1.07. The number of rotatable bonds is 1. The van der Waals surface area contributed by atoms with Crippen molar-refractivity contribution < 1.29 is 9.59 Å². The Balaban J connectivity index is 2.59. The predicted molar refractivity (Wildman–Crippen MR) is 85.8 cm³/mol. The molecule has 1 aliphatic rings. The molecule has 0 aliphatic carbocycles. The van der Waals surface area contributed by atoms with E-state index < -0.39 is 16.6 Å². The van der Waals surface area contributed by atoms with Crippen LogP contribution < -0.4 is 16.6 Å². The summed E-state index contributed by atoms with van der Waals surface area (Å²) in [5, 5.41) is 7.18. The van der Waals surface area contributed by atoms with E-state index in [0.29, 0.717) is 5.69 Å². The first-order valence-electron chi connectivity index (χ1n) is 6.74. The van der Waals surface area contributed by atoms with Gasteiger partial charge in [0.05, 0.1) is 5.56 Å². The van der Waals surface area contributed by atoms with Crippen molar-refractivity contribution >= 4 is 28.7 Å². The first kappa shape index (κ1) is 17.0. The fourth-order valence-electron chi connectivity index (χ4n) is 2.21. The number of hydrazone groups is 1. The molecule has 2 rings (SSSR count). The minimum absolute atomic E-state index is 0.230. The van der Waals surface area contributed by atoms with Crippen LogP contribution in [0, 0.1) is 6.92 Å². The molecule has 1 aromatic rings. The molecule has 0 spiro atoms. The van der Waals surface area contributed by atoms with Crippen molar-refractivity contribution in [2.45, 2.75) is 26.1 Å². The highest BCUT2D eigenvalue weighted by molar-refractivity contribution is 8.14. The molecule has 23 heavy (non-hydrogen) atoms. The lowest BCUT2D eigenvalue weighted by molar-refractivity contribution is -0.129. The Morgan fingerprint density at radius 1 is 1.17 bits per heavy atom. The number of carbonyl (C=O) groups is 2. The van der Waals surface area contributed by atoms with Crippen LogP contribution in [0.1, 0.15) is 30.5 Å². The summed E-state index contributed by atoms with van der Waals surface area (Å²) in [6.07, 6.45) is 0. The lowest BCUT2D eigenvalue weighted by Gasteiger charge is -2.21. The minimum Gasteiger partial charge on any atom is -0.304 e. The number of amidine groups is 1. The molecular weight excluding hydrogens is 322 g/mol. The number of hydrogen-bond donors (Lipinski definition) is 1. The number of nitrogens with zero attached hydrogens (tertiary/aromatic N) is 4. The SMILES string of the molecule is CC(=O)NC1=NN(C(C)=O)C(c2c(C)n(C)c(=O)n(C)c2=O)S1. The van der Waals surface area contributed by atoms with E-state index in [-0.39, 0.29) is 22.5 Å². The minimum atomic E-state index is -0.736. The van der Waals surface area contributed by atoms with E-state index >= 15 is 0 Å². The predicted octanol–water partition coefficient (Wildman–Crippen LogP) is -0.607. The number of thioether (sulfide) groups is 1. The van der Waals surface area contributed by atoms with Crippen molar-refractivity contribution in [1.82, 2.24) is 19.5 Å². The van der Waals surface area contributed by atoms with Crippen molar-refractivity contribution in [3.63, 3.8) is 0 Å². The first-order valence-corrected chi connectivity index (χ1v) is 7.62. The number of nitrogens with one attached hydrogen (secondary N) is 1. The summed E-state index contributed by atoms with van der Waals surface area (Å²) in [6.45, 7) is 4.27. The Morgan fingerprint density at radius 2 is 1.78 bits per heavy atom. The Hall–Kier alpha value is -2.36. The Bertz CT molecular complexity index is 838. The van der Waals surface area contributed by atoms with Gasteiger partial charge in [-0.05, 0) is 6.92 Å². The van der Waals surface area contributed by atoms with Crippen molar-refractivity contribution in [3.8, 4) is 0 Å². The number of hydrogen-bond acceptors (Lipinski definition) is 6. The maximum absolute atomic E-state index is 12.5. The van der Waals surface area contributed by atoms with Gasteiger partial charge in [0.15, 0.2) is 5.17 Å². The van der Waals surface area contributed by atoms with Crippen LogP contribution in [0.25, 0.3) is 0 Å². The fraction of sp³-hybridized carbons (Fsp3) is 0.462.